The summed E-state index contributed by atoms with van der Waals surface area (Å²) in [5.74, 6) is 4.17. The van der Waals surface area contributed by atoms with Crippen molar-refractivity contribution >= 4 is 5.78 Å². The van der Waals surface area contributed by atoms with Gasteiger partial charge < -0.3 is 0 Å². The topological polar surface area (TPSA) is 17.1 Å². The Morgan fingerprint density at radius 3 is 2.38 bits per heavy atom. The lowest BCUT2D eigenvalue weighted by atomic mass is 9.66. The molecular weight excluding hydrogens is 196 g/mol. The zero-order valence-electron chi connectivity index (χ0n) is 11.0. The molecule has 16 heavy (non-hydrogen) atoms. The SMILES string of the molecule is CC1CCC(=O)C(C2CCC(C)C(C)C2)C1. The van der Waals surface area contributed by atoms with E-state index in [1.54, 1.807) is 0 Å². The standard InChI is InChI=1S/C15H26O/c1-10-4-7-15(16)14(8-10)13-6-5-11(2)12(3)9-13/h10-14H,4-9H2,1-3H3. The van der Waals surface area contributed by atoms with E-state index in [0.29, 0.717) is 17.6 Å². The largest absolute Gasteiger partial charge is 0.299 e. The number of carbonyl (C=O) groups is 1. The zero-order chi connectivity index (χ0) is 11.7. The maximum atomic E-state index is 12.0. The average Bonchev–Trinajstić information content (AvgIpc) is 2.26. The molecule has 2 fully saturated rings. The molecule has 0 aliphatic heterocycles. The van der Waals surface area contributed by atoms with E-state index in [1.807, 2.05) is 0 Å². The molecule has 0 aromatic rings. The van der Waals surface area contributed by atoms with E-state index in [1.165, 1.54) is 25.7 Å². The Bertz CT molecular complexity index is 258. The summed E-state index contributed by atoms with van der Waals surface area (Å²) in [5, 5.41) is 0. The highest BCUT2D eigenvalue weighted by Gasteiger charge is 2.36. The average molecular weight is 222 g/mol. The number of hydrogen-bond acceptors (Lipinski definition) is 1. The van der Waals surface area contributed by atoms with Crippen molar-refractivity contribution in [1.29, 1.82) is 0 Å². The lowest BCUT2D eigenvalue weighted by Gasteiger charge is -2.38. The molecule has 0 N–H and O–H groups in total. The van der Waals surface area contributed by atoms with Gasteiger partial charge >= 0.3 is 0 Å². The van der Waals surface area contributed by atoms with Gasteiger partial charge in [0.05, 0.1) is 0 Å². The maximum Gasteiger partial charge on any atom is 0.136 e. The number of hydrogen-bond donors (Lipinski definition) is 0. The number of ketones is 1. The summed E-state index contributed by atoms with van der Waals surface area (Å²) in [6, 6.07) is 0. The molecule has 2 aliphatic rings. The van der Waals surface area contributed by atoms with E-state index >= 15 is 0 Å². The van der Waals surface area contributed by atoms with Gasteiger partial charge in [-0.2, -0.15) is 0 Å². The lowest BCUT2D eigenvalue weighted by molar-refractivity contribution is -0.128. The molecule has 1 nitrogen and oxygen atoms in total. The summed E-state index contributed by atoms with van der Waals surface area (Å²) in [6.45, 7) is 7.05. The highest BCUT2D eigenvalue weighted by molar-refractivity contribution is 5.82. The van der Waals surface area contributed by atoms with Crippen LogP contribution in [0.1, 0.15) is 59.3 Å². The van der Waals surface area contributed by atoms with Gasteiger partial charge in [-0.1, -0.05) is 27.2 Å². The quantitative estimate of drug-likeness (QED) is 0.654. The number of Topliss-reactive ketones (excluding diaryl/α,β-unsaturated/α-hetero) is 1. The summed E-state index contributed by atoms with van der Waals surface area (Å²) >= 11 is 0. The third-order valence-electron chi connectivity index (χ3n) is 5.16. The molecule has 92 valence electrons. The van der Waals surface area contributed by atoms with Crippen molar-refractivity contribution in [2.75, 3.05) is 0 Å². The lowest BCUT2D eigenvalue weighted by Crippen LogP contribution is -2.34. The molecule has 2 rings (SSSR count). The van der Waals surface area contributed by atoms with Crippen LogP contribution in [0.3, 0.4) is 0 Å². The Kier molecular flexibility index (Phi) is 3.71. The minimum absolute atomic E-state index is 0.415. The Labute approximate surface area is 100.0 Å². The summed E-state index contributed by atoms with van der Waals surface area (Å²) < 4.78 is 0. The van der Waals surface area contributed by atoms with Gasteiger partial charge in [-0.3, -0.25) is 4.79 Å². The van der Waals surface area contributed by atoms with Crippen molar-refractivity contribution in [3.8, 4) is 0 Å². The van der Waals surface area contributed by atoms with E-state index in [0.717, 1.165) is 30.6 Å². The first-order valence-corrected chi connectivity index (χ1v) is 7.10. The molecule has 0 saturated heterocycles. The first kappa shape index (κ1) is 12.1. The first-order valence-electron chi connectivity index (χ1n) is 7.10. The first-order chi connectivity index (χ1) is 7.58. The molecule has 0 radical (unpaired) electrons. The van der Waals surface area contributed by atoms with Crippen molar-refractivity contribution in [3.05, 3.63) is 0 Å². The van der Waals surface area contributed by atoms with Gasteiger partial charge in [0.1, 0.15) is 5.78 Å². The van der Waals surface area contributed by atoms with Gasteiger partial charge in [0, 0.05) is 12.3 Å². The van der Waals surface area contributed by atoms with Crippen LogP contribution in [0, 0.1) is 29.6 Å². The van der Waals surface area contributed by atoms with Crippen molar-refractivity contribution < 1.29 is 4.79 Å². The van der Waals surface area contributed by atoms with Crippen LogP contribution in [-0.4, -0.2) is 5.78 Å². The van der Waals surface area contributed by atoms with Crippen LogP contribution in [0.25, 0.3) is 0 Å². The zero-order valence-corrected chi connectivity index (χ0v) is 11.0. The Hall–Kier alpha value is -0.330. The summed E-state index contributed by atoms with van der Waals surface area (Å²) in [5.41, 5.74) is 0. The van der Waals surface area contributed by atoms with E-state index < -0.39 is 0 Å². The fraction of sp³-hybridized carbons (Fsp3) is 0.933. The predicted octanol–water partition coefficient (Wildman–Crippen LogP) is 4.06. The molecule has 2 saturated carbocycles. The molecular formula is C15H26O. The summed E-state index contributed by atoms with van der Waals surface area (Å²) in [4.78, 5) is 12.0. The highest BCUT2D eigenvalue weighted by Crippen LogP contribution is 2.42. The number of carbonyl (C=O) groups excluding carboxylic acids is 1. The third-order valence-corrected chi connectivity index (χ3v) is 5.16. The second-order valence-electron chi connectivity index (χ2n) is 6.48. The van der Waals surface area contributed by atoms with Crippen molar-refractivity contribution in [1.82, 2.24) is 0 Å². The highest BCUT2D eigenvalue weighted by atomic mass is 16.1. The number of rotatable bonds is 1. The van der Waals surface area contributed by atoms with E-state index in [2.05, 4.69) is 20.8 Å². The minimum Gasteiger partial charge on any atom is -0.299 e. The van der Waals surface area contributed by atoms with Crippen LogP contribution >= 0.6 is 0 Å². The minimum atomic E-state index is 0.415. The van der Waals surface area contributed by atoms with Crippen LogP contribution in [0.15, 0.2) is 0 Å². The van der Waals surface area contributed by atoms with Gasteiger partial charge in [0.25, 0.3) is 0 Å². The molecule has 0 bridgehead atoms. The van der Waals surface area contributed by atoms with Crippen molar-refractivity contribution in [2.24, 2.45) is 29.6 Å². The normalized spacial score (nSPS) is 45.7. The van der Waals surface area contributed by atoms with Gasteiger partial charge in [0.15, 0.2) is 0 Å². The second-order valence-corrected chi connectivity index (χ2v) is 6.48. The van der Waals surface area contributed by atoms with Gasteiger partial charge in [-0.25, -0.2) is 0 Å². The Balaban J connectivity index is 1.98. The van der Waals surface area contributed by atoms with Crippen LogP contribution < -0.4 is 0 Å². The fourth-order valence-corrected chi connectivity index (χ4v) is 3.67. The van der Waals surface area contributed by atoms with Crippen LogP contribution in [-0.2, 0) is 4.79 Å². The van der Waals surface area contributed by atoms with Crippen molar-refractivity contribution in [2.45, 2.75) is 59.3 Å². The molecule has 0 spiro atoms. The predicted molar refractivity (Wildman–Crippen MR) is 67.2 cm³/mol. The molecule has 5 unspecified atom stereocenters. The van der Waals surface area contributed by atoms with Gasteiger partial charge in [0.2, 0.25) is 0 Å². The maximum absolute atomic E-state index is 12.0. The molecule has 1 heteroatoms. The van der Waals surface area contributed by atoms with Crippen LogP contribution in [0.4, 0.5) is 0 Å². The third kappa shape index (κ3) is 2.49. The summed E-state index contributed by atoms with van der Waals surface area (Å²) in [7, 11) is 0. The van der Waals surface area contributed by atoms with E-state index in [9.17, 15) is 4.79 Å². The molecule has 2 aliphatic carbocycles. The van der Waals surface area contributed by atoms with Crippen LogP contribution in [0.2, 0.25) is 0 Å². The Morgan fingerprint density at radius 2 is 1.69 bits per heavy atom. The second kappa shape index (κ2) is 4.89. The molecule has 0 aromatic carbocycles. The summed E-state index contributed by atoms with van der Waals surface area (Å²) in [6.07, 6.45) is 7.09. The molecule has 0 amide bonds. The van der Waals surface area contributed by atoms with E-state index in [-0.39, 0.29) is 0 Å². The Morgan fingerprint density at radius 1 is 0.938 bits per heavy atom. The van der Waals surface area contributed by atoms with E-state index in [4.69, 9.17) is 0 Å². The smallest absolute Gasteiger partial charge is 0.136 e. The fourth-order valence-electron chi connectivity index (χ4n) is 3.67. The molecule has 0 heterocycles. The van der Waals surface area contributed by atoms with Crippen molar-refractivity contribution in [3.63, 3.8) is 0 Å². The van der Waals surface area contributed by atoms with Gasteiger partial charge in [-0.05, 0) is 49.4 Å². The monoisotopic (exact) mass is 222 g/mol. The van der Waals surface area contributed by atoms with Crippen LogP contribution in [0.5, 0.6) is 0 Å². The molecule has 5 atom stereocenters. The van der Waals surface area contributed by atoms with Gasteiger partial charge in [-0.15, -0.1) is 0 Å². The molecule has 0 aromatic heterocycles.